The Morgan fingerprint density at radius 3 is 2.30 bits per heavy atom. The Hall–Kier alpha value is -4.52. The molecule has 0 radical (unpaired) electrons. The molecule has 6 unspecified atom stereocenters. The van der Waals surface area contributed by atoms with Crippen LogP contribution in [0.15, 0.2) is 78.4 Å². The lowest BCUT2D eigenvalue weighted by atomic mass is 9.87. The van der Waals surface area contributed by atoms with Gasteiger partial charge in [0.2, 0.25) is 5.91 Å². The molecule has 0 saturated carbocycles. The van der Waals surface area contributed by atoms with Crippen molar-refractivity contribution in [2.45, 2.75) is 130 Å². The number of rotatable bonds is 25. The highest BCUT2D eigenvalue weighted by molar-refractivity contribution is 5.90. The van der Waals surface area contributed by atoms with Gasteiger partial charge < -0.3 is 30.1 Å². The van der Waals surface area contributed by atoms with Crippen LogP contribution in [0.5, 0.6) is 0 Å². The first kappa shape index (κ1) is 48.6. The van der Waals surface area contributed by atoms with Gasteiger partial charge in [-0.05, 0) is 82.0 Å². The van der Waals surface area contributed by atoms with E-state index in [1.165, 1.54) is 18.0 Å². The van der Waals surface area contributed by atoms with Crippen LogP contribution in [-0.4, -0.2) is 89.7 Å². The van der Waals surface area contributed by atoms with Gasteiger partial charge in [0.15, 0.2) is 5.78 Å². The highest BCUT2D eigenvalue weighted by atomic mass is 16.5. The Morgan fingerprint density at radius 1 is 1.00 bits per heavy atom. The van der Waals surface area contributed by atoms with Crippen molar-refractivity contribution in [1.29, 1.82) is 0 Å². The molecule has 12 heteroatoms. The zero-order valence-corrected chi connectivity index (χ0v) is 34.9. The lowest BCUT2D eigenvalue weighted by Crippen LogP contribution is -2.61. The fourth-order valence-electron chi connectivity index (χ4n) is 6.58. The number of ether oxygens (including phenoxy) is 1. The number of aliphatic hydroxyl groups excluding tert-OH is 1. The number of aldehydes is 1. The van der Waals surface area contributed by atoms with Crippen molar-refractivity contribution in [1.82, 2.24) is 21.1 Å². The lowest BCUT2D eigenvalue weighted by molar-refractivity contribution is -0.156. The average Bonchev–Trinajstić information content (AvgIpc) is 3.18. The van der Waals surface area contributed by atoms with Crippen molar-refractivity contribution in [3.63, 3.8) is 0 Å². The van der Waals surface area contributed by atoms with Crippen molar-refractivity contribution < 1.29 is 38.6 Å². The normalized spacial score (nSPS) is 18.3. The number of Topliss-reactive ketones (excluding diaryl/α,β-unsaturated/α-hetero) is 1. The third-order valence-corrected chi connectivity index (χ3v) is 10.1. The van der Waals surface area contributed by atoms with Crippen molar-refractivity contribution in [3.05, 3.63) is 84.0 Å². The molecular weight excluding hydrogens is 725 g/mol. The first-order chi connectivity index (χ1) is 27.2. The zero-order chi connectivity index (χ0) is 42.3. The molecule has 0 aromatic heterocycles. The Morgan fingerprint density at radius 2 is 1.68 bits per heavy atom. The summed E-state index contributed by atoms with van der Waals surface area (Å²) in [6.07, 6.45) is 15.3. The summed E-state index contributed by atoms with van der Waals surface area (Å²) in [5.41, 5.74) is 4.68. The Balaban J connectivity index is 2.19. The van der Waals surface area contributed by atoms with Crippen LogP contribution in [0.3, 0.4) is 0 Å². The summed E-state index contributed by atoms with van der Waals surface area (Å²) in [4.78, 5) is 76.0. The second kappa shape index (κ2) is 26.4. The van der Waals surface area contributed by atoms with Gasteiger partial charge in [-0.3, -0.25) is 24.2 Å². The van der Waals surface area contributed by atoms with Crippen LogP contribution >= 0.6 is 0 Å². The van der Waals surface area contributed by atoms with E-state index in [2.05, 4.69) is 16.1 Å². The van der Waals surface area contributed by atoms with Gasteiger partial charge in [-0.25, -0.2) is 5.43 Å². The van der Waals surface area contributed by atoms with E-state index in [4.69, 9.17) is 4.74 Å². The van der Waals surface area contributed by atoms with Crippen LogP contribution in [0.25, 0.3) is 0 Å². The van der Waals surface area contributed by atoms with Gasteiger partial charge in [0.1, 0.15) is 30.3 Å². The van der Waals surface area contributed by atoms with E-state index in [1.54, 1.807) is 19.2 Å². The summed E-state index contributed by atoms with van der Waals surface area (Å²) in [7, 11) is 1.71. The first-order valence-electron chi connectivity index (χ1n) is 20.3. The van der Waals surface area contributed by atoms with Gasteiger partial charge in [0.25, 0.3) is 5.91 Å². The number of hydrazine groups is 1. The number of hydrogen-bond donors (Lipinski definition) is 4. The maximum atomic E-state index is 14.0. The largest absolute Gasteiger partial charge is 0.456 e. The molecule has 4 N–H and O–H groups in total. The monoisotopic (exact) mass is 790 g/mol. The Kier molecular flexibility index (Phi) is 22.5. The zero-order valence-electron chi connectivity index (χ0n) is 34.9. The van der Waals surface area contributed by atoms with E-state index < -0.39 is 42.2 Å². The fraction of sp³-hybridized carbons (Fsp3) is 0.556. The molecule has 1 aliphatic rings. The van der Waals surface area contributed by atoms with Gasteiger partial charge in [0.05, 0.1) is 12.1 Å². The molecule has 0 spiro atoms. The lowest BCUT2D eigenvalue weighted by Gasteiger charge is -2.36. The minimum Gasteiger partial charge on any atom is -0.456 e. The van der Waals surface area contributed by atoms with Gasteiger partial charge in [0, 0.05) is 38.1 Å². The number of nitrogens with zero attached hydrogens (tertiary/aromatic N) is 1. The molecule has 12 nitrogen and oxygen atoms in total. The molecule has 2 rings (SSSR count). The third kappa shape index (κ3) is 17.7. The topological polar surface area (TPSA) is 171 Å². The third-order valence-electron chi connectivity index (χ3n) is 10.1. The minimum absolute atomic E-state index is 0.00129. The maximum absolute atomic E-state index is 14.0. The van der Waals surface area contributed by atoms with Gasteiger partial charge in [-0.2, -0.15) is 0 Å². The van der Waals surface area contributed by atoms with E-state index in [1.807, 2.05) is 89.3 Å². The molecule has 0 bridgehead atoms. The molecule has 2 amide bonds. The molecule has 1 saturated heterocycles. The number of carbonyl (C=O) groups excluding carboxylic acids is 6. The number of hydrogen-bond acceptors (Lipinski definition) is 10. The minimum atomic E-state index is -0.875. The summed E-state index contributed by atoms with van der Waals surface area (Å²) >= 11 is 0. The van der Waals surface area contributed by atoms with Crippen molar-refractivity contribution in [3.8, 4) is 0 Å². The smallest absolute Gasteiger partial charge is 0.325 e. The van der Waals surface area contributed by atoms with Crippen molar-refractivity contribution in [2.75, 3.05) is 13.6 Å². The van der Waals surface area contributed by atoms with Gasteiger partial charge >= 0.3 is 5.97 Å². The highest BCUT2D eigenvalue weighted by Gasteiger charge is 2.35. The first-order valence-corrected chi connectivity index (χ1v) is 20.3. The average molecular weight is 791 g/mol. The number of carbonyl (C=O) groups is 6. The highest BCUT2D eigenvalue weighted by Crippen LogP contribution is 2.21. The number of esters is 1. The summed E-state index contributed by atoms with van der Waals surface area (Å²) in [6, 6.07) is 7.27. The van der Waals surface area contributed by atoms with E-state index in [0.29, 0.717) is 51.4 Å². The predicted molar refractivity (Wildman–Crippen MR) is 222 cm³/mol. The number of allylic oxidation sites excluding steroid dienone is 6. The standard InChI is InChI=1S/C45H66N4O8/c1-8-18-37(52)23-16-20-32(4)40(25-15-10-9-12-19-33(5)42(53)36(30-50)27-26-34(6)51)57-45(56)38-24-17-28-49(48-38)44(55)39(29-35-21-13-11-14-22-35)47-43(54)41(46-7)31(2)3/h9-16,20-23,30-31,33,36,38-42,46,48,53H,8,17-19,24-29H2,1-7H3,(H,47,54)/b12-9+,15-10+,23-16+,32-20+/t33?,36?,38?,39?,40-,41?,42?/m0/s1. The van der Waals surface area contributed by atoms with E-state index in [0.717, 1.165) is 17.6 Å². The number of amides is 2. The predicted octanol–water partition coefficient (Wildman–Crippen LogP) is 5.31. The quantitative estimate of drug-likeness (QED) is 0.0441. The number of nitrogens with one attached hydrogen (secondary N) is 3. The summed E-state index contributed by atoms with van der Waals surface area (Å²) in [5, 5.41) is 18.0. The summed E-state index contributed by atoms with van der Waals surface area (Å²) in [5.74, 6) is -2.01. The molecule has 0 aliphatic carbocycles. The summed E-state index contributed by atoms with van der Waals surface area (Å²) in [6.45, 7) is 11.3. The van der Waals surface area contributed by atoms with Crippen molar-refractivity contribution in [2.24, 2.45) is 17.8 Å². The van der Waals surface area contributed by atoms with Gasteiger partial charge in [-0.1, -0.05) is 94.5 Å². The Bertz CT molecular complexity index is 1570. The molecule has 314 valence electrons. The van der Waals surface area contributed by atoms with E-state index in [-0.39, 0.29) is 48.1 Å². The molecule has 1 aromatic carbocycles. The van der Waals surface area contributed by atoms with E-state index in [9.17, 15) is 33.9 Å². The van der Waals surface area contributed by atoms with E-state index >= 15 is 0 Å². The molecule has 1 fully saturated rings. The fourth-order valence-corrected chi connectivity index (χ4v) is 6.58. The van der Waals surface area contributed by atoms with Crippen LogP contribution in [0.4, 0.5) is 0 Å². The second-order valence-corrected chi connectivity index (χ2v) is 15.3. The molecule has 57 heavy (non-hydrogen) atoms. The van der Waals surface area contributed by atoms with Crippen LogP contribution in [0.2, 0.25) is 0 Å². The molecule has 7 atom stereocenters. The van der Waals surface area contributed by atoms with Crippen LogP contribution in [0, 0.1) is 17.8 Å². The number of aliphatic hydroxyl groups is 1. The van der Waals surface area contributed by atoms with Crippen LogP contribution in [-0.2, 0) is 39.9 Å². The molecule has 1 heterocycles. The summed E-state index contributed by atoms with van der Waals surface area (Å²) < 4.78 is 6.06. The number of ketones is 2. The molecular formula is C45H66N4O8. The number of likely N-dealkylation sites (N-methyl/N-ethyl adjacent to an activating group) is 1. The maximum Gasteiger partial charge on any atom is 0.325 e. The Labute approximate surface area is 339 Å². The SMILES string of the molecule is CCCC(=O)/C=C/C=C(\C)[C@H](C/C=C/C=C/CC(C)C(O)C(C=O)CCC(C)=O)OC(=O)C1CCCN(C(=O)C(Cc2ccccc2)NC(=O)C(NC)C(C)C)N1. The van der Waals surface area contributed by atoms with Crippen LogP contribution < -0.4 is 16.1 Å². The second-order valence-electron chi connectivity index (χ2n) is 15.3. The molecule has 1 aliphatic heterocycles. The van der Waals surface area contributed by atoms with Crippen molar-refractivity contribution >= 4 is 35.6 Å². The number of benzene rings is 1. The van der Waals surface area contributed by atoms with Crippen LogP contribution in [0.1, 0.15) is 98.5 Å². The van der Waals surface area contributed by atoms with Gasteiger partial charge in [-0.15, -0.1) is 0 Å². The molecule has 1 aromatic rings.